The molecule has 1 aromatic carbocycles. The van der Waals surface area contributed by atoms with Gasteiger partial charge < -0.3 is 15.2 Å². The first-order valence-corrected chi connectivity index (χ1v) is 6.88. The Bertz CT molecular complexity index is 537. The van der Waals surface area contributed by atoms with E-state index in [0.717, 1.165) is 6.07 Å². The molecule has 1 saturated heterocycles. The van der Waals surface area contributed by atoms with E-state index in [1.807, 2.05) is 0 Å². The summed E-state index contributed by atoms with van der Waals surface area (Å²) >= 11 is 3.01. The molecule has 2 unspecified atom stereocenters. The van der Waals surface area contributed by atoms with Crippen LogP contribution in [-0.2, 0) is 9.53 Å². The summed E-state index contributed by atoms with van der Waals surface area (Å²) in [6, 6.07) is 4.09. The van der Waals surface area contributed by atoms with Crippen LogP contribution in [0.15, 0.2) is 22.7 Å². The van der Waals surface area contributed by atoms with Crippen LogP contribution in [-0.4, -0.2) is 35.7 Å². The molecule has 0 spiro atoms. The number of carboxylic acid groups (broad SMARTS) is 1. The number of ether oxygens (including phenoxy) is 1. The van der Waals surface area contributed by atoms with Gasteiger partial charge in [0.15, 0.2) is 6.10 Å². The molecule has 1 aliphatic heterocycles. The van der Waals surface area contributed by atoms with Crippen LogP contribution in [0.25, 0.3) is 0 Å². The first kappa shape index (κ1) is 14.9. The lowest BCUT2D eigenvalue weighted by molar-refractivity contribution is -0.149. The number of carbonyl (C=O) groups excluding carboxylic acids is 1. The predicted molar refractivity (Wildman–Crippen MR) is 72.0 cm³/mol. The second-order valence-corrected chi connectivity index (χ2v) is 5.36. The first-order valence-electron chi connectivity index (χ1n) is 6.09. The summed E-state index contributed by atoms with van der Waals surface area (Å²) in [5.74, 6) is -1.92. The van der Waals surface area contributed by atoms with Crippen molar-refractivity contribution < 1.29 is 23.8 Å². The molecule has 2 atom stereocenters. The summed E-state index contributed by atoms with van der Waals surface area (Å²) in [5, 5.41) is 11.4. The number of hydrogen-bond donors (Lipinski definition) is 2. The molecular weight excluding hydrogens is 333 g/mol. The summed E-state index contributed by atoms with van der Waals surface area (Å²) in [4.78, 5) is 22.5. The van der Waals surface area contributed by atoms with Crippen molar-refractivity contribution in [1.82, 2.24) is 5.32 Å². The van der Waals surface area contributed by atoms with Crippen LogP contribution in [0.3, 0.4) is 0 Å². The zero-order valence-corrected chi connectivity index (χ0v) is 12.0. The number of carboxylic acids is 1. The molecule has 5 nitrogen and oxygen atoms in total. The third kappa shape index (κ3) is 3.55. The SMILES string of the molecule is O=C(NCC1CCC(C(=O)O)O1)c1ccc(Br)c(F)c1. The zero-order chi connectivity index (χ0) is 14.7. The summed E-state index contributed by atoms with van der Waals surface area (Å²) in [5.41, 5.74) is 0.207. The van der Waals surface area contributed by atoms with Crippen LogP contribution in [0, 0.1) is 5.82 Å². The Balaban J connectivity index is 1.86. The van der Waals surface area contributed by atoms with Gasteiger partial charge in [0.1, 0.15) is 5.82 Å². The molecule has 1 aliphatic rings. The minimum Gasteiger partial charge on any atom is -0.479 e. The molecule has 0 radical (unpaired) electrons. The van der Waals surface area contributed by atoms with Crippen LogP contribution in [0.5, 0.6) is 0 Å². The summed E-state index contributed by atoms with van der Waals surface area (Å²) in [7, 11) is 0. The third-order valence-corrected chi connectivity index (χ3v) is 3.70. The van der Waals surface area contributed by atoms with Crippen LogP contribution < -0.4 is 5.32 Å². The van der Waals surface area contributed by atoms with Crippen molar-refractivity contribution in [1.29, 1.82) is 0 Å². The lowest BCUT2D eigenvalue weighted by atomic mass is 10.2. The molecule has 1 fully saturated rings. The maximum Gasteiger partial charge on any atom is 0.332 e. The Morgan fingerprint density at radius 3 is 2.80 bits per heavy atom. The van der Waals surface area contributed by atoms with Crippen molar-refractivity contribution in [2.75, 3.05) is 6.54 Å². The van der Waals surface area contributed by atoms with E-state index in [-0.39, 0.29) is 22.7 Å². The predicted octanol–water partition coefficient (Wildman–Crippen LogP) is 1.95. The Kier molecular flexibility index (Phi) is 4.72. The highest BCUT2D eigenvalue weighted by Gasteiger charge is 2.30. The van der Waals surface area contributed by atoms with E-state index in [1.54, 1.807) is 0 Å². The molecule has 1 amide bonds. The molecule has 0 saturated carbocycles. The number of hydrogen-bond acceptors (Lipinski definition) is 3. The molecular formula is C13H13BrFNO4. The topological polar surface area (TPSA) is 75.6 Å². The second-order valence-electron chi connectivity index (χ2n) is 4.50. The van der Waals surface area contributed by atoms with Crippen molar-refractivity contribution >= 4 is 27.8 Å². The van der Waals surface area contributed by atoms with Crippen molar-refractivity contribution in [3.63, 3.8) is 0 Å². The highest BCUT2D eigenvalue weighted by molar-refractivity contribution is 9.10. The van der Waals surface area contributed by atoms with Crippen molar-refractivity contribution in [3.8, 4) is 0 Å². The van der Waals surface area contributed by atoms with Crippen LogP contribution in [0.4, 0.5) is 4.39 Å². The maximum atomic E-state index is 13.3. The second kappa shape index (κ2) is 6.32. The van der Waals surface area contributed by atoms with Gasteiger partial charge in [-0.1, -0.05) is 0 Å². The summed E-state index contributed by atoms with van der Waals surface area (Å²) < 4.78 is 18.8. The van der Waals surface area contributed by atoms with Gasteiger partial charge >= 0.3 is 5.97 Å². The molecule has 0 aliphatic carbocycles. The van der Waals surface area contributed by atoms with Gasteiger partial charge in [0.25, 0.3) is 5.91 Å². The molecule has 1 heterocycles. The van der Waals surface area contributed by atoms with Gasteiger partial charge in [-0.2, -0.15) is 0 Å². The van der Waals surface area contributed by atoms with Crippen molar-refractivity contribution in [2.24, 2.45) is 0 Å². The zero-order valence-electron chi connectivity index (χ0n) is 10.4. The van der Waals surface area contributed by atoms with E-state index in [4.69, 9.17) is 9.84 Å². The van der Waals surface area contributed by atoms with E-state index in [2.05, 4.69) is 21.2 Å². The molecule has 0 aromatic heterocycles. The molecule has 0 bridgehead atoms. The minimum absolute atomic E-state index is 0.207. The lowest BCUT2D eigenvalue weighted by Gasteiger charge is -2.12. The standard InChI is InChI=1S/C13H13BrFNO4/c14-9-3-1-7(5-10(9)15)12(17)16-6-8-2-4-11(20-8)13(18)19/h1,3,5,8,11H,2,4,6H2,(H,16,17)(H,18,19). The Hall–Kier alpha value is -1.47. The van der Waals surface area contributed by atoms with Crippen LogP contribution >= 0.6 is 15.9 Å². The first-order chi connectivity index (χ1) is 9.47. The van der Waals surface area contributed by atoms with Crippen LogP contribution in [0.2, 0.25) is 0 Å². The molecule has 2 rings (SSSR count). The number of carbonyl (C=O) groups is 2. The number of rotatable bonds is 4. The van der Waals surface area contributed by atoms with Crippen molar-refractivity contribution in [2.45, 2.75) is 25.0 Å². The average molecular weight is 346 g/mol. The minimum atomic E-state index is -0.992. The maximum absolute atomic E-state index is 13.3. The summed E-state index contributed by atoms with van der Waals surface area (Å²) in [6.07, 6.45) is -0.114. The smallest absolute Gasteiger partial charge is 0.332 e. The number of nitrogens with one attached hydrogen (secondary N) is 1. The molecule has 1 aromatic rings. The van der Waals surface area contributed by atoms with Gasteiger partial charge in [-0.05, 0) is 47.0 Å². The van der Waals surface area contributed by atoms with Gasteiger partial charge in [-0.25, -0.2) is 9.18 Å². The molecule has 7 heteroatoms. The van der Waals surface area contributed by atoms with Crippen LogP contribution in [0.1, 0.15) is 23.2 Å². The van der Waals surface area contributed by atoms with E-state index in [1.165, 1.54) is 12.1 Å². The van der Waals surface area contributed by atoms with Gasteiger partial charge in [-0.3, -0.25) is 4.79 Å². The summed E-state index contributed by atoms with van der Waals surface area (Å²) in [6.45, 7) is 0.209. The quantitative estimate of drug-likeness (QED) is 0.874. The number of aliphatic carboxylic acids is 1. The van der Waals surface area contributed by atoms with Crippen molar-refractivity contribution in [3.05, 3.63) is 34.1 Å². The fraction of sp³-hybridized carbons (Fsp3) is 0.385. The number of amides is 1. The third-order valence-electron chi connectivity index (χ3n) is 3.06. The fourth-order valence-corrected chi connectivity index (χ4v) is 2.23. The molecule has 2 N–H and O–H groups in total. The van der Waals surface area contributed by atoms with E-state index in [9.17, 15) is 14.0 Å². The monoisotopic (exact) mass is 345 g/mol. The fourth-order valence-electron chi connectivity index (χ4n) is 1.98. The number of benzene rings is 1. The van der Waals surface area contributed by atoms with E-state index < -0.39 is 23.8 Å². The molecule has 108 valence electrons. The Labute approximate surface area is 123 Å². The molecule has 20 heavy (non-hydrogen) atoms. The lowest BCUT2D eigenvalue weighted by Crippen LogP contribution is -2.33. The van der Waals surface area contributed by atoms with Gasteiger partial charge in [-0.15, -0.1) is 0 Å². The van der Waals surface area contributed by atoms with Gasteiger partial charge in [0.2, 0.25) is 0 Å². The van der Waals surface area contributed by atoms with Gasteiger partial charge in [0.05, 0.1) is 10.6 Å². The highest BCUT2D eigenvalue weighted by Crippen LogP contribution is 2.20. The highest BCUT2D eigenvalue weighted by atomic mass is 79.9. The average Bonchev–Trinajstić information content (AvgIpc) is 2.88. The Morgan fingerprint density at radius 2 is 2.20 bits per heavy atom. The largest absolute Gasteiger partial charge is 0.479 e. The van der Waals surface area contributed by atoms with E-state index in [0.29, 0.717) is 12.8 Å². The van der Waals surface area contributed by atoms with E-state index >= 15 is 0 Å². The Morgan fingerprint density at radius 1 is 1.45 bits per heavy atom. The van der Waals surface area contributed by atoms with Gasteiger partial charge in [0, 0.05) is 12.1 Å². The normalized spacial score (nSPS) is 21.7. The number of halogens is 2.